The van der Waals surface area contributed by atoms with Crippen LogP contribution < -0.4 is 0 Å². The van der Waals surface area contributed by atoms with E-state index in [1.54, 1.807) is 24.5 Å². The Morgan fingerprint density at radius 1 is 0.333 bits per heavy atom. The summed E-state index contributed by atoms with van der Waals surface area (Å²) in [4.78, 5) is 20.7. The second-order valence-electron chi connectivity index (χ2n) is 16.9. The van der Waals surface area contributed by atoms with E-state index in [0.717, 1.165) is 101 Å². The molecule has 5 aromatic carbocycles. The predicted octanol–water partition coefficient (Wildman–Crippen LogP) is 14.7. The first-order valence-electron chi connectivity index (χ1n) is 22.5. The zero-order valence-corrected chi connectivity index (χ0v) is 36.9. The van der Waals surface area contributed by atoms with Crippen molar-refractivity contribution in [3.8, 4) is 67.2 Å². The normalized spacial score (nSPS) is 11.4. The Balaban J connectivity index is 0.966. The molecule has 0 aliphatic rings. The molecule has 6 aromatic heterocycles. The van der Waals surface area contributed by atoms with E-state index >= 15 is 0 Å². The summed E-state index contributed by atoms with van der Waals surface area (Å²) >= 11 is 0. The van der Waals surface area contributed by atoms with Crippen molar-refractivity contribution >= 4 is 21.9 Å². The molecule has 0 bridgehead atoms. The number of pyridine rings is 5. The van der Waals surface area contributed by atoms with Crippen molar-refractivity contribution in [2.45, 2.75) is 25.7 Å². The molecule has 0 amide bonds. The first-order chi connectivity index (χ1) is 33.8. The van der Waals surface area contributed by atoms with Gasteiger partial charge in [0.2, 0.25) is 23.8 Å². The van der Waals surface area contributed by atoms with Crippen molar-refractivity contribution in [2.24, 2.45) is 0 Å². The quantitative estimate of drug-likeness (QED) is 0.0898. The highest BCUT2D eigenvalue weighted by atomic mass is 19.1. The van der Waals surface area contributed by atoms with Crippen LogP contribution in [0.5, 0.6) is 0 Å². The maximum absolute atomic E-state index is 14.5. The molecule has 0 atom stereocenters. The number of hydrogen-bond acceptors (Lipinski definition) is 6. The van der Waals surface area contributed by atoms with E-state index in [1.165, 1.54) is 12.1 Å². The van der Waals surface area contributed by atoms with Crippen LogP contribution in [0.4, 0.5) is 17.6 Å². The third kappa shape index (κ3) is 9.00. The largest absolute Gasteiger partial charge is 0.456 e. The molecule has 0 unspecified atom stereocenters. The van der Waals surface area contributed by atoms with Gasteiger partial charge in [-0.25, -0.2) is 0 Å². The van der Waals surface area contributed by atoms with Crippen molar-refractivity contribution < 1.29 is 22.0 Å². The lowest BCUT2D eigenvalue weighted by molar-refractivity contribution is 0.514. The number of hydrogen-bond donors (Lipinski definition) is 0. The standard InChI is InChI=1S/C59H39F4N5O/c60-56-26-22-47(58(62)67-56)51-24-18-36(33-64-51)14-16-38-28-39(17-15-37-19-25-52(65-34-37)48-23-27-57(61)68-59(48)63)30-42(29-38)43-10-4-5-11-44(43)50-35-66-53(40-8-2-1-3-9-40)32-49(50)41-20-21-46-45-12-6-7-13-54(45)69-55(46)31-41/h1-13,18-35H,14-17H2. The van der Waals surface area contributed by atoms with Crippen LogP contribution in [-0.4, -0.2) is 24.9 Å². The lowest BCUT2D eigenvalue weighted by Crippen LogP contribution is -1.99. The monoisotopic (exact) mass is 909 g/mol. The minimum atomic E-state index is -0.909. The third-order valence-corrected chi connectivity index (χ3v) is 12.5. The van der Waals surface area contributed by atoms with Gasteiger partial charge >= 0.3 is 0 Å². The number of benzene rings is 5. The van der Waals surface area contributed by atoms with E-state index in [0.29, 0.717) is 37.1 Å². The molecule has 11 aromatic rings. The summed E-state index contributed by atoms with van der Waals surface area (Å²) in [6.45, 7) is 0. The highest BCUT2D eigenvalue weighted by Gasteiger charge is 2.19. The van der Waals surface area contributed by atoms with E-state index in [-0.39, 0.29) is 11.1 Å². The van der Waals surface area contributed by atoms with Gasteiger partial charge in [0, 0.05) is 40.5 Å². The molecule has 0 saturated carbocycles. The second-order valence-corrected chi connectivity index (χ2v) is 16.9. The SMILES string of the molecule is Fc1ccc(-c2ccc(CCc3cc(CCc4ccc(-c5ccc(F)nc5F)nc4)cc(-c4ccccc4-c4cnc(-c5ccccc5)cc4-c4ccc5c(c4)oc4ccccc45)c3)cn2)c(F)n1. The van der Waals surface area contributed by atoms with E-state index in [4.69, 9.17) is 9.40 Å². The average Bonchev–Trinajstić information content (AvgIpc) is 3.76. The van der Waals surface area contributed by atoms with E-state index in [1.807, 2.05) is 54.7 Å². The Hall–Kier alpha value is -8.63. The molecular weight excluding hydrogens is 871 g/mol. The zero-order valence-electron chi connectivity index (χ0n) is 36.9. The van der Waals surface area contributed by atoms with E-state index in [2.05, 4.69) is 105 Å². The first kappa shape index (κ1) is 43.0. The molecule has 0 saturated heterocycles. The molecular formula is C59H39F4N5O. The van der Waals surface area contributed by atoms with Crippen LogP contribution in [0, 0.1) is 23.8 Å². The number of rotatable bonds is 12. The number of para-hydroxylation sites is 1. The molecule has 0 aliphatic heterocycles. The lowest BCUT2D eigenvalue weighted by Gasteiger charge is -2.17. The van der Waals surface area contributed by atoms with Crippen LogP contribution in [0.25, 0.3) is 89.1 Å². The van der Waals surface area contributed by atoms with Gasteiger partial charge in [-0.15, -0.1) is 0 Å². The molecule has 0 radical (unpaired) electrons. The van der Waals surface area contributed by atoms with Crippen LogP contribution in [0.2, 0.25) is 0 Å². The molecule has 0 N–H and O–H groups in total. The molecule has 69 heavy (non-hydrogen) atoms. The summed E-state index contributed by atoms with van der Waals surface area (Å²) in [5, 5.41) is 2.12. The van der Waals surface area contributed by atoms with Crippen molar-refractivity contribution in [1.82, 2.24) is 24.9 Å². The third-order valence-electron chi connectivity index (χ3n) is 12.5. The lowest BCUT2D eigenvalue weighted by atomic mass is 9.87. The first-order valence-corrected chi connectivity index (χ1v) is 22.5. The zero-order chi connectivity index (χ0) is 46.8. The Morgan fingerprint density at radius 3 is 1.52 bits per heavy atom. The van der Waals surface area contributed by atoms with Crippen LogP contribution in [-0.2, 0) is 25.7 Å². The maximum atomic E-state index is 14.5. The van der Waals surface area contributed by atoms with Gasteiger partial charge in [-0.2, -0.15) is 27.5 Å². The minimum Gasteiger partial charge on any atom is -0.456 e. The fourth-order valence-electron chi connectivity index (χ4n) is 8.99. The number of halogens is 4. The van der Waals surface area contributed by atoms with Crippen molar-refractivity contribution in [2.75, 3.05) is 0 Å². The minimum absolute atomic E-state index is 0.131. The van der Waals surface area contributed by atoms with Gasteiger partial charge in [0.15, 0.2) is 0 Å². The van der Waals surface area contributed by atoms with Gasteiger partial charge in [-0.1, -0.05) is 109 Å². The van der Waals surface area contributed by atoms with Gasteiger partial charge in [-0.3, -0.25) is 15.0 Å². The molecule has 10 heteroatoms. The van der Waals surface area contributed by atoms with Crippen molar-refractivity contribution in [3.05, 3.63) is 234 Å². The number of aromatic nitrogens is 5. The molecule has 6 heterocycles. The van der Waals surface area contributed by atoms with Crippen molar-refractivity contribution in [1.29, 1.82) is 0 Å². The number of nitrogens with zero attached hydrogens (tertiary/aromatic N) is 5. The fraction of sp³-hybridized carbons (Fsp3) is 0.0678. The molecule has 334 valence electrons. The Bertz CT molecular complexity index is 3550. The molecule has 11 rings (SSSR count). The van der Waals surface area contributed by atoms with Gasteiger partial charge in [0.25, 0.3) is 0 Å². The van der Waals surface area contributed by atoms with E-state index in [9.17, 15) is 17.6 Å². The summed E-state index contributed by atoms with van der Waals surface area (Å²) in [6.07, 6.45) is 8.08. The summed E-state index contributed by atoms with van der Waals surface area (Å²) in [5.41, 5.74) is 14.7. The highest BCUT2D eigenvalue weighted by molar-refractivity contribution is 6.06. The summed E-state index contributed by atoms with van der Waals surface area (Å²) in [7, 11) is 0. The number of furan rings is 1. The molecule has 0 aliphatic carbocycles. The summed E-state index contributed by atoms with van der Waals surface area (Å²) in [6, 6.07) is 54.1. The van der Waals surface area contributed by atoms with Crippen LogP contribution in [0.3, 0.4) is 0 Å². The summed E-state index contributed by atoms with van der Waals surface area (Å²) in [5.74, 6) is -3.59. The average molecular weight is 910 g/mol. The molecule has 0 spiro atoms. The fourth-order valence-corrected chi connectivity index (χ4v) is 8.99. The molecule has 0 fully saturated rings. The van der Waals surface area contributed by atoms with Gasteiger partial charge in [0.05, 0.1) is 28.2 Å². The number of fused-ring (bicyclic) bond motifs is 3. The topological polar surface area (TPSA) is 77.6 Å². The van der Waals surface area contributed by atoms with Crippen LogP contribution in [0.1, 0.15) is 22.3 Å². The summed E-state index contributed by atoms with van der Waals surface area (Å²) < 4.78 is 62.5. The second kappa shape index (κ2) is 18.6. The Kier molecular flexibility index (Phi) is 11.6. The smallest absolute Gasteiger partial charge is 0.224 e. The maximum Gasteiger partial charge on any atom is 0.224 e. The number of aryl methyl sites for hydroxylation is 4. The van der Waals surface area contributed by atoms with Gasteiger partial charge in [-0.05, 0) is 136 Å². The Labute approximate surface area is 394 Å². The van der Waals surface area contributed by atoms with Crippen LogP contribution in [0.15, 0.2) is 193 Å². The van der Waals surface area contributed by atoms with Crippen molar-refractivity contribution in [3.63, 3.8) is 0 Å². The highest BCUT2D eigenvalue weighted by Crippen LogP contribution is 2.42. The van der Waals surface area contributed by atoms with Gasteiger partial charge in [0.1, 0.15) is 11.2 Å². The predicted molar refractivity (Wildman–Crippen MR) is 263 cm³/mol. The van der Waals surface area contributed by atoms with Gasteiger partial charge < -0.3 is 4.42 Å². The molecule has 6 nitrogen and oxygen atoms in total. The van der Waals surface area contributed by atoms with E-state index < -0.39 is 23.8 Å². The Morgan fingerprint density at radius 2 is 0.899 bits per heavy atom. The van der Waals surface area contributed by atoms with Crippen LogP contribution >= 0.6 is 0 Å².